The minimum absolute atomic E-state index is 0.0353. The van der Waals surface area contributed by atoms with Gasteiger partial charge in [0.1, 0.15) is 11.3 Å². The van der Waals surface area contributed by atoms with Crippen molar-refractivity contribution in [3.8, 4) is 5.75 Å². The van der Waals surface area contributed by atoms with Gasteiger partial charge in [-0.3, -0.25) is 4.79 Å². The summed E-state index contributed by atoms with van der Waals surface area (Å²) in [5.74, 6) is 0.476. The Kier molecular flexibility index (Phi) is 4.37. The van der Waals surface area contributed by atoms with Crippen LogP contribution < -0.4 is 15.7 Å². The van der Waals surface area contributed by atoms with Gasteiger partial charge in [0.15, 0.2) is 6.61 Å². The SMILES string of the molecule is CCCNC(=O)COc1cc(C)cc2oc(=O)c3c(c12)CCC3. The average molecular weight is 315 g/mol. The lowest BCUT2D eigenvalue weighted by molar-refractivity contribution is -0.123. The highest BCUT2D eigenvalue weighted by atomic mass is 16.5. The van der Waals surface area contributed by atoms with E-state index in [0.717, 1.165) is 47.8 Å². The largest absolute Gasteiger partial charge is 0.483 e. The Labute approximate surface area is 134 Å². The molecule has 0 radical (unpaired) electrons. The van der Waals surface area contributed by atoms with Crippen LogP contribution in [-0.4, -0.2) is 19.1 Å². The summed E-state index contributed by atoms with van der Waals surface area (Å²) in [4.78, 5) is 23.8. The Hall–Kier alpha value is -2.30. The zero-order chi connectivity index (χ0) is 16.4. The summed E-state index contributed by atoms with van der Waals surface area (Å²) >= 11 is 0. The molecular formula is C18H21NO4. The number of carbonyl (C=O) groups is 1. The van der Waals surface area contributed by atoms with E-state index in [1.807, 2.05) is 26.0 Å². The molecular weight excluding hydrogens is 294 g/mol. The molecule has 0 aliphatic heterocycles. The molecule has 0 saturated heterocycles. The van der Waals surface area contributed by atoms with Gasteiger partial charge in [-0.1, -0.05) is 6.92 Å². The highest BCUT2D eigenvalue weighted by molar-refractivity contribution is 5.89. The van der Waals surface area contributed by atoms with Crippen LogP contribution in [0.4, 0.5) is 0 Å². The fraction of sp³-hybridized carbons (Fsp3) is 0.444. The van der Waals surface area contributed by atoms with E-state index >= 15 is 0 Å². The molecule has 0 unspecified atom stereocenters. The molecule has 122 valence electrons. The molecule has 1 aliphatic rings. The van der Waals surface area contributed by atoms with Gasteiger partial charge in [-0.2, -0.15) is 0 Å². The number of hydrogen-bond acceptors (Lipinski definition) is 4. The van der Waals surface area contributed by atoms with Gasteiger partial charge in [-0.25, -0.2) is 4.79 Å². The number of nitrogens with one attached hydrogen (secondary N) is 1. The molecule has 0 saturated carbocycles. The molecule has 1 aromatic heterocycles. The maximum absolute atomic E-state index is 12.1. The van der Waals surface area contributed by atoms with Crippen LogP contribution in [0.3, 0.4) is 0 Å². The predicted octanol–water partition coefficient (Wildman–Crippen LogP) is 2.50. The zero-order valence-electron chi connectivity index (χ0n) is 13.5. The molecule has 3 rings (SSSR count). The van der Waals surface area contributed by atoms with Gasteiger partial charge in [-0.05, 0) is 55.9 Å². The molecule has 1 heterocycles. The molecule has 1 amide bonds. The van der Waals surface area contributed by atoms with Crippen LogP contribution in [0.2, 0.25) is 0 Å². The normalized spacial score (nSPS) is 13.1. The Morgan fingerprint density at radius 2 is 2.09 bits per heavy atom. The third-order valence-corrected chi connectivity index (χ3v) is 4.11. The van der Waals surface area contributed by atoms with E-state index in [-0.39, 0.29) is 18.1 Å². The van der Waals surface area contributed by atoms with E-state index in [0.29, 0.717) is 17.9 Å². The van der Waals surface area contributed by atoms with Crippen LogP contribution in [0.5, 0.6) is 5.75 Å². The van der Waals surface area contributed by atoms with Crippen LogP contribution >= 0.6 is 0 Å². The fourth-order valence-corrected chi connectivity index (χ4v) is 3.08. The molecule has 0 bridgehead atoms. The molecule has 0 atom stereocenters. The highest BCUT2D eigenvalue weighted by Crippen LogP contribution is 2.35. The van der Waals surface area contributed by atoms with Crippen molar-refractivity contribution in [1.29, 1.82) is 0 Å². The lowest BCUT2D eigenvalue weighted by Gasteiger charge is -2.12. The predicted molar refractivity (Wildman–Crippen MR) is 88.0 cm³/mol. The second kappa shape index (κ2) is 6.44. The molecule has 23 heavy (non-hydrogen) atoms. The van der Waals surface area contributed by atoms with Gasteiger partial charge < -0.3 is 14.5 Å². The highest BCUT2D eigenvalue weighted by Gasteiger charge is 2.22. The number of fused-ring (bicyclic) bond motifs is 3. The zero-order valence-corrected chi connectivity index (χ0v) is 13.5. The first-order valence-corrected chi connectivity index (χ1v) is 8.09. The van der Waals surface area contributed by atoms with Crippen LogP contribution in [0.1, 0.15) is 36.5 Å². The number of ether oxygens (including phenoxy) is 1. The molecule has 5 heteroatoms. The number of amides is 1. The summed E-state index contributed by atoms with van der Waals surface area (Å²) in [5.41, 5.74) is 2.99. The first-order valence-electron chi connectivity index (χ1n) is 8.09. The fourth-order valence-electron chi connectivity index (χ4n) is 3.08. The minimum atomic E-state index is -0.248. The van der Waals surface area contributed by atoms with Crippen LogP contribution in [-0.2, 0) is 17.6 Å². The van der Waals surface area contributed by atoms with E-state index in [4.69, 9.17) is 9.15 Å². The van der Waals surface area contributed by atoms with Crippen molar-refractivity contribution >= 4 is 16.9 Å². The average Bonchev–Trinajstić information content (AvgIpc) is 3.00. The van der Waals surface area contributed by atoms with Crippen molar-refractivity contribution < 1.29 is 13.9 Å². The Morgan fingerprint density at radius 1 is 1.30 bits per heavy atom. The van der Waals surface area contributed by atoms with Gasteiger partial charge in [0.05, 0.1) is 5.39 Å². The van der Waals surface area contributed by atoms with Gasteiger partial charge in [0.2, 0.25) is 0 Å². The lowest BCUT2D eigenvalue weighted by atomic mass is 10.0. The van der Waals surface area contributed by atoms with E-state index in [1.165, 1.54) is 0 Å². The van der Waals surface area contributed by atoms with Crippen molar-refractivity contribution in [3.05, 3.63) is 39.2 Å². The molecule has 1 aliphatic carbocycles. The molecule has 1 N–H and O–H groups in total. The Bertz CT molecular complexity index is 807. The quantitative estimate of drug-likeness (QED) is 0.861. The second-order valence-corrected chi connectivity index (χ2v) is 5.98. The molecule has 5 nitrogen and oxygen atoms in total. The smallest absolute Gasteiger partial charge is 0.339 e. The number of hydrogen-bond donors (Lipinski definition) is 1. The third kappa shape index (κ3) is 3.09. The summed E-state index contributed by atoms with van der Waals surface area (Å²) in [5, 5.41) is 3.63. The number of carbonyl (C=O) groups excluding carboxylic acids is 1. The lowest BCUT2D eigenvalue weighted by Crippen LogP contribution is -2.29. The third-order valence-electron chi connectivity index (χ3n) is 4.11. The number of rotatable bonds is 5. The monoisotopic (exact) mass is 315 g/mol. The summed E-state index contributed by atoms with van der Waals surface area (Å²) in [7, 11) is 0. The maximum Gasteiger partial charge on any atom is 0.339 e. The second-order valence-electron chi connectivity index (χ2n) is 5.98. The standard InChI is InChI=1S/C18H21NO4/c1-3-7-19-16(20)10-22-14-8-11(2)9-15-17(14)12-5-4-6-13(12)18(21)23-15/h8-9H,3-7,10H2,1-2H3,(H,19,20). The maximum atomic E-state index is 12.1. The van der Waals surface area contributed by atoms with Gasteiger partial charge in [0.25, 0.3) is 5.91 Å². The van der Waals surface area contributed by atoms with E-state index in [2.05, 4.69) is 5.32 Å². The number of benzene rings is 1. The van der Waals surface area contributed by atoms with Gasteiger partial charge >= 0.3 is 5.63 Å². The molecule has 0 spiro atoms. The molecule has 2 aromatic rings. The first kappa shape index (κ1) is 15.6. The van der Waals surface area contributed by atoms with E-state index < -0.39 is 0 Å². The van der Waals surface area contributed by atoms with Crippen molar-refractivity contribution in [2.24, 2.45) is 0 Å². The topological polar surface area (TPSA) is 68.5 Å². The van der Waals surface area contributed by atoms with Gasteiger partial charge in [-0.15, -0.1) is 0 Å². The van der Waals surface area contributed by atoms with E-state index in [1.54, 1.807) is 0 Å². The Balaban J connectivity index is 1.98. The molecule has 1 aromatic carbocycles. The van der Waals surface area contributed by atoms with Crippen LogP contribution in [0.25, 0.3) is 11.0 Å². The van der Waals surface area contributed by atoms with Crippen molar-refractivity contribution in [2.45, 2.75) is 39.5 Å². The minimum Gasteiger partial charge on any atom is -0.483 e. The van der Waals surface area contributed by atoms with Crippen LogP contribution in [0.15, 0.2) is 21.3 Å². The summed E-state index contributed by atoms with van der Waals surface area (Å²) in [6.07, 6.45) is 3.43. The van der Waals surface area contributed by atoms with Crippen molar-refractivity contribution in [3.63, 3.8) is 0 Å². The summed E-state index contributed by atoms with van der Waals surface area (Å²) < 4.78 is 11.2. The molecule has 0 fully saturated rings. The van der Waals surface area contributed by atoms with Gasteiger partial charge in [0, 0.05) is 12.1 Å². The van der Waals surface area contributed by atoms with Crippen molar-refractivity contribution in [2.75, 3.05) is 13.2 Å². The Morgan fingerprint density at radius 3 is 2.87 bits per heavy atom. The first-order chi connectivity index (χ1) is 11.1. The van der Waals surface area contributed by atoms with Crippen LogP contribution in [0, 0.1) is 6.92 Å². The summed E-state index contributed by atoms with van der Waals surface area (Å²) in [6, 6.07) is 3.74. The number of aryl methyl sites for hydroxylation is 2. The van der Waals surface area contributed by atoms with E-state index in [9.17, 15) is 9.59 Å². The van der Waals surface area contributed by atoms with Crippen molar-refractivity contribution in [1.82, 2.24) is 5.32 Å². The summed E-state index contributed by atoms with van der Waals surface area (Å²) in [6.45, 7) is 4.52.